The third-order valence-corrected chi connectivity index (χ3v) is 10.6. The van der Waals surface area contributed by atoms with E-state index >= 15 is 0 Å². The first-order valence-corrected chi connectivity index (χ1v) is 13.8. The van der Waals surface area contributed by atoms with Crippen LogP contribution in [0.25, 0.3) is 10.9 Å². The van der Waals surface area contributed by atoms with E-state index in [0.717, 1.165) is 18.4 Å². The number of carbonyl (C=O) groups is 2. The van der Waals surface area contributed by atoms with E-state index in [2.05, 4.69) is 16.9 Å². The number of ketones is 2. The van der Waals surface area contributed by atoms with Crippen LogP contribution in [0.4, 0.5) is 0 Å². The lowest BCUT2D eigenvalue weighted by Crippen LogP contribution is -2.61. The molecular formula is C29H30Cl2N2O5. The van der Waals surface area contributed by atoms with Crippen LogP contribution in [-0.2, 0) is 9.59 Å². The van der Waals surface area contributed by atoms with Crippen molar-refractivity contribution in [2.45, 2.75) is 57.7 Å². The minimum atomic E-state index is -1.64. The fourth-order valence-electron chi connectivity index (χ4n) is 8.23. The van der Waals surface area contributed by atoms with E-state index < -0.39 is 28.3 Å². The molecule has 38 heavy (non-hydrogen) atoms. The first-order valence-electron chi connectivity index (χ1n) is 13.1. The molecule has 0 bridgehead atoms. The average Bonchev–Trinajstić information content (AvgIpc) is 3.13. The zero-order valence-electron chi connectivity index (χ0n) is 21.3. The molecule has 3 saturated carbocycles. The first-order chi connectivity index (χ1) is 18.0. The van der Waals surface area contributed by atoms with Crippen molar-refractivity contribution < 1.29 is 24.5 Å². The van der Waals surface area contributed by atoms with E-state index in [1.807, 2.05) is 13.0 Å². The van der Waals surface area contributed by atoms with Gasteiger partial charge in [-0.2, -0.15) is 0 Å². The maximum atomic E-state index is 13.7. The molecule has 1 aromatic heterocycles. The van der Waals surface area contributed by atoms with Gasteiger partial charge in [0.05, 0.1) is 22.0 Å². The molecule has 6 rings (SSSR count). The number of hydrogen-bond donors (Lipinski definition) is 2. The van der Waals surface area contributed by atoms with Crippen LogP contribution in [0.2, 0.25) is 10.0 Å². The number of hydrogen-bond acceptors (Lipinski definition) is 7. The van der Waals surface area contributed by atoms with E-state index in [0.29, 0.717) is 40.2 Å². The largest absolute Gasteiger partial charge is 0.469 e. The molecule has 0 radical (unpaired) electrons. The monoisotopic (exact) mass is 556 g/mol. The van der Waals surface area contributed by atoms with Gasteiger partial charge in [-0.1, -0.05) is 48.7 Å². The maximum Gasteiger partial charge on any atom is 0.224 e. The quantitative estimate of drug-likeness (QED) is 0.551. The van der Waals surface area contributed by atoms with E-state index in [9.17, 15) is 19.8 Å². The first kappa shape index (κ1) is 25.9. The molecule has 3 fully saturated rings. The topological polar surface area (TPSA) is 110 Å². The number of halogens is 2. The van der Waals surface area contributed by atoms with Crippen molar-refractivity contribution in [3.05, 3.63) is 52.3 Å². The predicted molar refractivity (Wildman–Crippen MR) is 143 cm³/mol. The van der Waals surface area contributed by atoms with Crippen molar-refractivity contribution in [2.24, 2.45) is 28.6 Å². The number of aromatic nitrogens is 2. The van der Waals surface area contributed by atoms with Crippen LogP contribution in [0.15, 0.2) is 42.3 Å². The van der Waals surface area contributed by atoms with Crippen molar-refractivity contribution in [1.82, 2.24) is 9.97 Å². The molecule has 1 heterocycles. The molecule has 200 valence electrons. The molecule has 0 amide bonds. The zero-order chi connectivity index (χ0) is 27.0. The molecule has 0 spiro atoms. The second-order valence-corrected chi connectivity index (χ2v) is 12.6. The number of aliphatic hydroxyl groups is 2. The molecule has 7 nitrogen and oxygen atoms in total. The van der Waals surface area contributed by atoms with Gasteiger partial charge >= 0.3 is 0 Å². The summed E-state index contributed by atoms with van der Waals surface area (Å²) in [6, 6.07) is 3.20. The Morgan fingerprint density at radius 3 is 2.79 bits per heavy atom. The van der Waals surface area contributed by atoms with Crippen LogP contribution >= 0.6 is 23.2 Å². The summed E-state index contributed by atoms with van der Waals surface area (Å²) in [6.45, 7) is 3.67. The summed E-state index contributed by atoms with van der Waals surface area (Å²) in [5, 5.41) is 24.7. The summed E-state index contributed by atoms with van der Waals surface area (Å²) in [7, 11) is 0. The summed E-state index contributed by atoms with van der Waals surface area (Å²) >= 11 is 12.4. The summed E-state index contributed by atoms with van der Waals surface area (Å²) in [5.41, 5.74) is -1.32. The SMILES string of the molecule is CC12C=CC(=O)C=C1CCC1C2[C@@H](O)CC2(C)C1CC[C@]2(O)C(=O)COc1ncnc2c(Cl)cc(Cl)cc12. The van der Waals surface area contributed by atoms with Gasteiger partial charge in [0.15, 0.2) is 12.4 Å². The summed E-state index contributed by atoms with van der Waals surface area (Å²) in [6.07, 6.45) is 8.76. The van der Waals surface area contributed by atoms with Gasteiger partial charge in [-0.15, -0.1) is 0 Å². The van der Waals surface area contributed by atoms with Gasteiger partial charge in [0.25, 0.3) is 0 Å². The minimum absolute atomic E-state index is 0.00657. The number of nitrogens with zero attached hydrogens (tertiary/aromatic N) is 2. The van der Waals surface area contributed by atoms with Crippen molar-refractivity contribution in [2.75, 3.05) is 6.61 Å². The van der Waals surface area contributed by atoms with Crippen molar-refractivity contribution >= 4 is 45.7 Å². The van der Waals surface area contributed by atoms with E-state index in [1.165, 1.54) is 6.33 Å². The van der Waals surface area contributed by atoms with Crippen LogP contribution < -0.4 is 4.74 Å². The third kappa shape index (κ3) is 3.62. The number of ether oxygens (including phenoxy) is 1. The Labute approximate surface area is 230 Å². The standard InChI is InChI=1S/C29H30Cl2N2O5/c1-27-7-5-17(34)9-15(27)3-4-18-20-6-8-29(37,28(20,2)12-22(35)24(18)27)23(36)13-38-26-19-10-16(30)11-21(31)25(19)32-14-33-26/h5,7,9-11,14,18,20,22,24,35,37H,3-4,6,8,12-13H2,1-2H3/t18?,20?,22-,24?,27?,28?,29-/m0/s1. The van der Waals surface area contributed by atoms with Gasteiger partial charge in [-0.25, -0.2) is 9.97 Å². The lowest BCUT2D eigenvalue weighted by Gasteiger charge is -2.59. The van der Waals surface area contributed by atoms with Crippen LogP contribution in [0.3, 0.4) is 0 Å². The fraction of sp³-hybridized carbons (Fsp3) is 0.517. The third-order valence-electron chi connectivity index (χ3n) is 10.1. The lowest BCUT2D eigenvalue weighted by atomic mass is 9.46. The Bertz CT molecular complexity index is 1430. The highest BCUT2D eigenvalue weighted by molar-refractivity contribution is 6.38. The van der Waals surface area contributed by atoms with Crippen LogP contribution in [0, 0.1) is 28.6 Å². The number of allylic oxidation sites excluding steroid dienone is 4. The molecule has 1 aromatic carbocycles. The molecule has 9 heteroatoms. The Hall–Kier alpha value is -2.32. The molecule has 4 aliphatic rings. The van der Waals surface area contributed by atoms with Gasteiger partial charge in [-0.05, 0) is 68.2 Å². The van der Waals surface area contributed by atoms with Crippen LogP contribution in [0.1, 0.15) is 46.0 Å². The number of Topliss-reactive ketones (excluding diaryl/α,β-unsaturated/α-hetero) is 1. The molecule has 2 aromatic rings. The molecule has 7 atom stereocenters. The lowest BCUT2D eigenvalue weighted by molar-refractivity contribution is -0.178. The Morgan fingerprint density at radius 2 is 2.00 bits per heavy atom. The predicted octanol–water partition coefficient (Wildman–Crippen LogP) is 4.89. The van der Waals surface area contributed by atoms with Crippen molar-refractivity contribution in [3.63, 3.8) is 0 Å². The zero-order valence-corrected chi connectivity index (χ0v) is 22.8. The van der Waals surface area contributed by atoms with Crippen molar-refractivity contribution in [1.29, 1.82) is 0 Å². The highest BCUT2D eigenvalue weighted by Gasteiger charge is 2.68. The minimum Gasteiger partial charge on any atom is -0.469 e. The van der Waals surface area contributed by atoms with Crippen LogP contribution in [-0.4, -0.2) is 50.1 Å². The summed E-state index contributed by atoms with van der Waals surface area (Å²) in [5.74, 6) is -0.154. The van der Waals surface area contributed by atoms with Gasteiger partial charge in [0.1, 0.15) is 11.9 Å². The summed E-state index contributed by atoms with van der Waals surface area (Å²) in [4.78, 5) is 34.0. The number of fused-ring (bicyclic) bond motifs is 6. The number of carbonyl (C=O) groups excluding carboxylic acids is 2. The van der Waals surface area contributed by atoms with E-state index in [1.54, 1.807) is 24.3 Å². The number of aliphatic hydroxyl groups excluding tert-OH is 1. The average molecular weight is 557 g/mol. The molecule has 4 aliphatic carbocycles. The highest BCUT2D eigenvalue weighted by atomic mass is 35.5. The Morgan fingerprint density at radius 1 is 1.21 bits per heavy atom. The van der Waals surface area contributed by atoms with Gasteiger partial charge in [0.2, 0.25) is 11.7 Å². The molecular weight excluding hydrogens is 527 g/mol. The van der Waals surface area contributed by atoms with Gasteiger partial charge in [-0.3, -0.25) is 9.59 Å². The second-order valence-electron chi connectivity index (χ2n) is 11.8. The van der Waals surface area contributed by atoms with E-state index in [-0.39, 0.29) is 36.0 Å². The van der Waals surface area contributed by atoms with Crippen molar-refractivity contribution in [3.8, 4) is 5.88 Å². The summed E-state index contributed by atoms with van der Waals surface area (Å²) < 4.78 is 5.83. The molecule has 5 unspecified atom stereocenters. The van der Waals surface area contributed by atoms with E-state index in [4.69, 9.17) is 27.9 Å². The highest BCUT2D eigenvalue weighted by Crippen LogP contribution is 2.67. The second kappa shape index (κ2) is 8.85. The fourth-order valence-corrected chi connectivity index (χ4v) is 8.77. The normalized spacial score (nSPS) is 37.8. The van der Waals surface area contributed by atoms with Gasteiger partial charge < -0.3 is 14.9 Å². The Balaban J connectivity index is 1.26. The number of benzene rings is 1. The van der Waals surface area contributed by atoms with Crippen LogP contribution in [0.5, 0.6) is 5.88 Å². The smallest absolute Gasteiger partial charge is 0.224 e. The molecule has 0 saturated heterocycles. The Kier molecular flexibility index (Phi) is 6.04. The molecule has 0 aliphatic heterocycles. The maximum absolute atomic E-state index is 13.7. The number of rotatable bonds is 4. The van der Waals surface area contributed by atoms with Gasteiger partial charge in [0, 0.05) is 21.8 Å². The molecule has 2 N–H and O–H groups in total.